The van der Waals surface area contributed by atoms with Gasteiger partial charge in [0.05, 0.1) is 25.3 Å². The molecule has 0 fully saturated rings. The second kappa shape index (κ2) is 6.16. The van der Waals surface area contributed by atoms with Crippen molar-refractivity contribution in [3.63, 3.8) is 0 Å². The van der Waals surface area contributed by atoms with E-state index in [9.17, 15) is 0 Å². The molecule has 2 rings (SSSR count). The van der Waals surface area contributed by atoms with Gasteiger partial charge in [-0.1, -0.05) is 41.4 Å². The number of ether oxygens (including phenoxy) is 2. The number of benzene rings is 2. The Bertz CT molecular complexity index is 613. The third kappa shape index (κ3) is 2.89. The van der Waals surface area contributed by atoms with Gasteiger partial charge in [0.2, 0.25) is 0 Å². The average Bonchev–Trinajstić information content (AvgIpc) is 2.45. The minimum absolute atomic E-state index is 0.257. The van der Waals surface area contributed by atoms with E-state index >= 15 is 0 Å². The Morgan fingerprint density at radius 1 is 1.05 bits per heavy atom. The lowest BCUT2D eigenvalue weighted by Crippen LogP contribution is -2.12. The number of rotatable bonds is 4. The summed E-state index contributed by atoms with van der Waals surface area (Å²) >= 11 is 6.22. The summed E-state index contributed by atoms with van der Waals surface area (Å²) in [5.74, 6) is 1.10. The summed E-state index contributed by atoms with van der Waals surface area (Å²) in [5.41, 5.74) is 9.41. The van der Waals surface area contributed by atoms with E-state index in [0.29, 0.717) is 16.5 Å². The number of nitrogens with two attached hydrogens (primary N) is 1. The molecule has 4 heteroatoms. The Labute approximate surface area is 124 Å². The molecular formula is C16H18ClNO2. The van der Waals surface area contributed by atoms with E-state index < -0.39 is 0 Å². The molecule has 0 aliphatic rings. The van der Waals surface area contributed by atoms with E-state index in [1.165, 1.54) is 5.56 Å². The van der Waals surface area contributed by atoms with Crippen LogP contribution in [0.25, 0.3) is 0 Å². The summed E-state index contributed by atoms with van der Waals surface area (Å²) in [6, 6.07) is 11.5. The molecule has 0 saturated carbocycles. The smallest absolute Gasteiger partial charge is 0.179 e. The van der Waals surface area contributed by atoms with Crippen LogP contribution in [0.1, 0.15) is 22.7 Å². The summed E-state index contributed by atoms with van der Waals surface area (Å²) in [4.78, 5) is 0. The predicted octanol–water partition coefficient (Wildman–Crippen LogP) is 3.71. The first-order valence-electron chi connectivity index (χ1n) is 6.30. The summed E-state index contributed by atoms with van der Waals surface area (Å²) in [6.45, 7) is 2.04. The number of hydrogen-bond acceptors (Lipinski definition) is 3. The second-order valence-corrected chi connectivity index (χ2v) is 5.04. The number of aryl methyl sites for hydroxylation is 1. The van der Waals surface area contributed by atoms with Crippen LogP contribution in [0, 0.1) is 6.92 Å². The van der Waals surface area contributed by atoms with Crippen LogP contribution in [-0.2, 0) is 0 Å². The first-order chi connectivity index (χ1) is 9.56. The van der Waals surface area contributed by atoms with Gasteiger partial charge in [-0.2, -0.15) is 0 Å². The van der Waals surface area contributed by atoms with Gasteiger partial charge in [-0.25, -0.2) is 0 Å². The van der Waals surface area contributed by atoms with Crippen molar-refractivity contribution in [1.82, 2.24) is 0 Å². The van der Waals surface area contributed by atoms with E-state index in [1.807, 2.05) is 37.3 Å². The normalized spacial score (nSPS) is 12.1. The first-order valence-corrected chi connectivity index (χ1v) is 6.68. The van der Waals surface area contributed by atoms with Crippen LogP contribution >= 0.6 is 11.6 Å². The van der Waals surface area contributed by atoms with Crippen molar-refractivity contribution < 1.29 is 9.47 Å². The Balaban J connectivity index is 2.45. The van der Waals surface area contributed by atoms with Gasteiger partial charge in [-0.15, -0.1) is 0 Å². The molecule has 106 valence electrons. The van der Waals surface area contributed by atoms with Crippen molar-refractivity contribution in [3.05, 3.63) is 58.1 Å². The zero-order valence-electron chi connectivity index (χ0n) is 11.8. The molecule has 0 spiro atoms. The van der Waals surface area contributed by atoms with Crippen LogP contribution in [0.5, 0.6) is 11.5 Å². The third-order valence-electron chi connectivity index (χ3n) is 3.22. The highest BCUT2D eigenvalue weighted by Gasteiger charge is 2.16. The molecule has 0 bridgehead atoms. The third-order valence-corrected chi connectivity index (χ3v) is 3.50. The van der Waals surface area contributed by atoms with Crippen molar-refractivity contribution in [1.29, 1.82) is 0 Å². The fourth-order valence-corrected chi connectivity index (χ4v) is 2.47. The molecule has 2 aromatic rings. The molecule has 0 saturated heterocycles. The SMILES string of the molecule is COc1cc(C(N)c2cccc(C)c2)cc(Cl)c1OC. The molecular weight excluding hydrogens is 274 g/mol. The zero-order chi connectivity index (χ0) is 14.7. The Hall–Kier alpha value is -1.71. The average molecular weight is 292 g/mol. The van der Waals surface area contributed by atoms with Crippen molar-refractivity contribution in [3.8, 4) is 11.5 Å². The second-order valence-electron chi connectivity index (χ2n) is 4.63. The molecule has 0 heterocycles. The van der Waals surface area contributed by atoms with Gasteiger partial charge in [-0.3, -0.25) is 0 Å². The molecule has 2 aromatic carbocycles. The minimum Gasteiger partial charge on any atom is -0.493 e. The monoisotopic (exact) mass is 291 g/mol. The van der Waals surface area contributed by atoms with E-state index in [4.69, 9.17) is 26.8 Å². The summed E-state index contributed by atoms with van der Waals surface area (Å²) < 4.78 is 10.5. The van der Waals surface area contributed by atoms with Crippen LogP contribution in [0.4, 0.5) is 0 Å². The molecule has 1 unspecified atom stereocenters. The molecule has 0 aliphatic heterocycles. The van der Waals surface area contributed by atoms with Gasteiger partial charge >= 0.3 is 0 Å². The largest absolute Gasteiger partial charge is 0.493 e. The van der Waals surface area contributed by atoms with E-state index in [2.05, 4.69) is 6.07 Å². The molecule has 0 amide bonds. The van der Waals surface area contributed by atoms with Crippen LogP contribution in [0.3, 0.4) is 0 Å². The van der Waals surface area contributed by atoms with Crippen LogP contribution in [-0.4, -0.2) is 14.2 Å². The van der Waals surface area contributed by atoms with Gasteiger partial charge in [-0.05, 0) is 30.2 Å². The fourth-order valence-electron chi connectivity index (χ4n) is 2.17. The molecule has 2 N–H and O–H groups in total. The van der Waals surface area contributed by atoms with E-state index in [-0.39, 0.29) is 6.04 Å². The minimum atomic E-state index is -0.257. The first kappa shape index (κ1) is 14.7. The van der Waals surface area contributed by atoms with Crippen molar-refractivity contribution >= 4 is 11.6 Å². The molecule has 0 radical (unpaired) electrons. The lowest BCUT2D eigenvalue weighted by Gasteiger charge is -2.17. The van der Waals surface area contributed by atoms with E-state index in [1.54, 1.807) is 14.2 Å². The molecule has 0 aliphatic carbocycles. The van der Waals surface area contributed by atoms with Gasteiger partial charge in [0.25, 0.3) is 0 Å². The molecule has 0 aromatic heterocycles. The van der Waals surface area contributed by atoms with E-state index in [0.717, 1.165) is 11.1 Å². The highest BCUT2D eigenvalue weighted by molar-refractivity contribution is 6.32. The highest BCUT2D eigenvalue weighted by Crippen LogP contribution is 2.38. The van der Waals surface area contributed by atoms with Gasteiger partial charge in [0, 0.05) is 0 Å². The summed E-state index contributed by atoms with van der Waals surface area (Å²) in [6.07, 6.45) is 0. The van der Waals surface area contributed by atoms with Gasteiger partial charge in [0.15, 0.2) is 11.5 Å². The number of methoxy groups -OCH3 is 2. The quantitative estimate of drug-likeness (QED) is 0.934. The standard InChI is InChI=1S/C16H18ClNO2/c1-10-5-4-6-11(7-10)15(18)12-8-13(17)16(20-3)14(9-12)19-2/h4-9,15H,18H2,1-3H3. The number of hydrogen-bond donors (Lipinski definition) is 1. The lowest BCUT2D eigenvalue weighted by atomic mass is 9.98. The Morgan fingerprint density at radius 2 is 1.80 bits per heavy atom. The van der Waals surface area contributed by atoms with Gasteiger partial charge in [0.1, 0.15) is 0 Å². The van der Waals surface area contributed by atoms with Crippen molar-refractivity contribution in [2.45, 2.75) is 13.0 Å². The fraction of sp³-hybridized carbons (Fsp3) is 0.250. The topological polar surface area (TPSA) is 44.5 Å². The molecule has 1 atom stereocenters. The maximum Gasteiger partial charge on any atom is 0.179 e. The Morgan fingerprint density at radius 3 is 2.40 bits per heavy atom. The number of halogens is 1. The highest BCUT2D eigenvalue weighted by atomic mass is 35.5. The van der Waals surface area contributed by atoms with Crippen LogP contribution in [0.2, 0.25) is 5.02 Å². The maximum absolute atomic E-state index is 6.31. The Kier molecular flexibility index (Phi) is 4.53. The van der Waals surface area contributed by atoms with Crippen molar-refractivity contribution in [2.75, 3.05) is 14.2 Å². The van der Waals surface area contributed by atoms with Gasteiger partial charge < -0.3 is 15.2 Å². The lowest BCUT2D eigenvalue weighted by molar-refractivity contribution is 0.354. The van der Waals surface area contributed by atoms with Crippen molar-refractivity contribution in [2.24, 2.45) is 5.73 Å². The summed E-state index contributed by atoms with van der Waals surface area (Å²) in [7, 11) is 3.14. The van der Waals surface area contributed by atoms with Crippen LogP contribution in [0.15, 0.2) is 36.4 Å². The zero-order valence-corrected chi connectivity index (χ0v) is 12.6. The maximum atomic E-state index is 6.31. The predicted molar refractivity (Wildman–Crippen MR) is 81.8 cm³/mol. The molecule has 20 heavy (non-hydrogen) atoms. The van der Waals surface area contributed by atoms with Crippen LogP contribution < -0.4 is 15.2 Å². The summed E-state index contributed by atoms with van der Waals surface area (Å²) in [5, 5.41) is 0.491. The molecule has 3 nitrogen and oxygen atoms in total.